The number of aromatic nitrogens is 3. The Bertz CT molecular complexity index is 673. The Morgan fingerprint density at radius 1 is 1.43 bits per heavy atom. The molecule has 2 heterocycles. The van der Waals surface area contributed by atoms with E-state index in [0.29, 0.717) is 13.1 Å². The second kappa shape index (κ2) is 5.67. The molecule has 2 rings (SSSR count). The van der Waals surface area contributed by atoms with Gasteiger partial charge in [0, 0.05) is 24.5 Å². The van der Waals surface area contributed by atoms with Crippen molar-refractivity contribution < 1.29 is 18.0 Å². The SMILES string of the molecule is CCn1nc(C)c(Br)c1Cn1ccc(C(=O)C(F)(F)F)c1. The van der Waals surface area contributed by atoms with Gasteiger partial charge < -0.3 is 4.57 Å². The first kappa shape index (κ1) is 15.8. The van der Waals surface area contributed by atoms with E-state index in [1.165, 1.54) is 23.0 Å². The van der Waals surface area contributed by atoms with Crippen LogP contribution in [0.4, 0.5) is 13.2 Å². The van der Waals surface area contributed by atoms with Crippen LogP contribution in [0, 0.1) is 6.92 Å². The molecule has 2 aromatic heterocycles. The van der Waals surface area contributed by atoms with E-state index in [1.54, 1.807) is 4.68 Å². The molecule has 0 atom stereocenters. The second-order valence-corrected chi connectivity index (χ2v) is 5.35. The molecule has 2 aromatic rings. The second-order valence-electron chi connectivity index (χ2n) is 4.56. The van der Waals surface area contributed by atoms with Gasteiger partial charge >= 0.3 is 6.18 Å². The molecule has 0 fully saturated rings. The maximum Gasteiger partial charge on any atom is 0.454 e. The van der Waals surface area contributed by atoms with E-state index in [2.05, 4.69) is 21.0 Å². The van der Waals surface area contributed by atoms with Crippen molar-refractivity contribution in [2.75, 3.05) is 0 Å². The van der Waals surface area contributed by atoms with E-state index in [1.807, 2.05) is 13.8 Å². The molecule has 0 saturated carbocycles. The molecule has 4 nitrogen and oxygen atoms in total. The third kappa shape index (κ3) is 3.20. The van der Waals surface area contributed by atoms with Crippen LogP contribution in [0.3, 0.4) is 0 Å². The Kier molecular flexibility index (Phi) is 4.27. The number of rotatable bonds is 4. The lowest BCUT2D eigenvalue weighted by Gasteiger charge is -2.07. The Morgan fingerprint density at radius 3 is 2.67 bits per heavy atom. The molecule has 0 radical (unpaired) electrons. The van der Waals surface area contributed by atoms with Crippen molar-refractivity contribution in [3.8, 4) is 0 Å². The van der Waals surface area contributed by atoms with Crippen LogP contribution in [-0.2, 0) is 13.1 Å². The van der Waals surface area contributed by atoms with Crippen molar-refractivity contribution in [3.05, 3.63) is 39.9 Å². The molecule has 8 heteroatoms. The van der Waals surface area contributed by atoms with E-state index in [0.717, 1.165) is 15.9 Å². The van der Waals surface area contributed by atoms with Gasteiger partial charge in [-0.05, 0) is 35.8 Å². The highest BCUT2D eigenvalue weighted by molar-refractivity contribution is 9.10. The summed E-state index contributed by atoms with van der Waals surface area (Å²) in [7, 11) is 0. The van der Waals surface area contributed by atoms with Gasteiger partial charge in [0.25, 0.3) is 5.78 Å². The molecule has 0 aliphatic heterocycles. The highest BCUT2D eigenvalue weighted by Crippen LogP contribution is 2.24. The lowest BCUT2D eigenvalue weighted by atomic mass is 10.2. The number of Topliss-reactive ketones (excluding diaryl/α,β-unsaturated/α-hetero) is 1. The third-order valence-electron chi connectivity index (χ3n) is 3.06. The van der Waals surface area contributed by atoms with Gasteiger partial charge in [-0.1, -0.05) is 0 Å². The first-order valence-electron chi connectivity index (χ1n) is 6.23. The number of hydrogen-bond donors (Lipinski definition) is 0. The predicted octanol–water partition coefficient (Wildman–Crippen LogP) is 3.57. The molecule has 0 aliphatic rings. The van der Waals surface area contributed by atoms with Crippen LogP contribution >= 0.6 is 15.9 Å². The highest BCUT2D eigenvalue weighted by atomic mass is 79.9. The Morgan fingerprint density at radius 2 is 2.10 bits per heavy atom. The summed E-state index contributed by atoms with van der Waals surface area (Å²) < 4.78 is 41.3. The fourth-order valence-corrected chi connectivity index (χ4v) is 2.44. The summed E-state index contributed by atoms with van der Waals surface area (Å²) in [5.74, 6) is -1.83. The largest absolute Gasteiger partial charge is 0.454 e. The van der Waals surface area contributed by atoms with Crippen LogP contribution in [0.2, 0.25) is 0 Å². The average molecular weight is 364 g/mol. The fourth-order valence-electron chi connectivity index (χ4n) is 2.03. The highest BCUT2D eigenvalue weighted by Gasteiger charge is 2.39. The zero-order chi connectivity index (χ0) is 15.8. The molecule has 0 spiro atoms. The van der Waals surface area contributed by atoms with Crippen molar-refractivity contribution >= 4 is 21.7 Å². The maximum atomic E-state index is 12.4. The van der Waals surface area contributed by atoms with Crippen molar-refractivity contribution in [2.24, 2.45) is 0 Å². The average Bonchev–Trinajstić information content (AvgIpc) is 2.97. The molecule has 0 amide bonds. The van der Waals surface area contributed by atoms with E-state index >= 15 is 0 Å². The van der Waals surface area contributed by atoms with Crippen LogP contribution in [-0.4, -0.2) is 26.3 Å². The number of carbonyl (C=O) groups is 1. The lowest BCUT2D eigenvalue weighted by molar-refractivity contribution is -0.0885. The van der Waals surface area contributed by atoms with Crippen molar-refractivity contribution in [1.29, 1.82) is 0 Å². The van der Waals surface area contributed by atoms with Gasteiger partial charge in [0.1, 0.15) is 0 Å². The standard InChI is InChI=1S/C13H13BrF3N3O/c1-3-20-10(11(14)8(2)18-20)7-19-5-4-9(6-19)12(21)13(15,16)17/h4-6H,3,7H2,1-2H3. The third-order valence-corrected chi connectivity index (χ3v) is 4.09. The van der Waals surface area contributed by atoms with Crippen molar-refractivity contribution in [1.82, 2.24) is 14.3 Å². The number of ketones is 1. The summed E-state index contributed by atoms with van der Waals surface area (Å²) in [6.45, 7) is 4.75. The molecule has 21 heavy (non-hydrogen) atoms. The van der Waals surface area contributed by atoms with E-state index in [4.69, 9.17) is 0 Å². The minimum absolute atomic E-state index is 0.334. The van der Waals surface area contributed by atoms with Crippen molar-refractivity contribution in [2.45, 2.75) is 33.1 Å². The first-order valence-corrected chi connectivity index (χ1v) is 7.02. The van der Waals surface area contributed by atoms with Crippen LogP contribution in [0.5, 0.6) is 0 Å². The monoisotopic (exact) mass is 363 g/mol. The molecule has 0 saturated heterocycles. The molecule has 114 valence electrons. The van der Waals surface area contributed by atoms with E-state index < -0.39 is 12.0 Å². The van der Waals surface area contributed by atoms with E-state index in [9.17, 15) is 18.0 Å². The molecule has 0 unspecified atom stereocenters. The zero-order valence-electron chi connectivity index (χ0n) is 11.4. The van der Waals surface area contributed by atoms with Gasteiger partial charge in [0.15, 0.2) is 0 Å². The maximum absolute atomic E-state index is 12.4. The molecule has 0 aliphatic carbocycles. The summed E-state index contributed by atoms with van der Waals surface area (Å²) in [6, 6.07) is 1.17. The minimum atomic E-state index is -4.85. The summed E-state index contributed by atoms with van der Waals surface area (Å²) in [5, 5.41) is 4.32. The smallest absolute Gasteiger partial charge is 0.348 e. The summed E-state index contributed by atoms with van der Waals surface area (Å²) >= 11 is 3.42. The lowest BCUT2D eigenvalue weighted by Crippen LogP contribution is -2.22. The molecule has 0 bridgehead atoms. The predicted molar refractivity (Wildman–Crippen MR) is 74.3 cm³/mol. The fraction of sp³-hybridized carbons (Fsp3) is 0.385. The van der Waals surface area contributed by atoms with Crippen LogP contribution in [0.15, 0.2) is 22.9 Å². The number of nitrogens with zero attached hydrogens (tertiary/aromatic N) is 3. The first-order chi connectivity index (χ1) is 9.74. The number of hydrogen-bond acceptors (Lipinski definition) is 2. The van der Waals surface area contributed by atoms with Crippen LogP contribution in [0.1, 0.15) is 28.7 Å². The Balaban J connectivity index is 2.26. The molecular weight excluding hydrogens is 351 g/mol. The van der Waals surface area contributed by atoms with Gasteiger partial charge in [0.05, 0.1) is 22.4 Å². The van der Waals surface area contributed by atoms with Gasteiger partial charge in [-0.3, -0.25) is 9.48 Å². The number of carbonyl (C=O) groups excluding carboxylic acids is 1. The summed E-state index contributed by atoms with van der Waals surface area (Å²) in [5.41, 5.74) is 1.29. The number of halogens is 4. The number of aryl methyl sites for hydroxylation is 2. The summed E-state index contributed by atoms with van der Waals surface area (Å²) in [4.78, 5) is 11.2. The summed E-state index contributed by atoms with van der Waals surface area (Å²) in [6.07, 6.45) is -2.20. The molecular formula is C13H13BrF3N3O. The topological polar surface area (TPSA) is 39.8 Å². The van der Waals surface area contributed by atoms with Crippen LogP contribution < -0.4 is 0 Å². The normalized spacial score (nSPS) is 11.9. The molecule has 0 N–H and O–H groups in total. The van der Waals surface area contributed by atoms with Gasteiger partial charge in [-0.2, -0.15) is 18.3 Å². The minimum Gasteiger partial charge on any atom is -0.348 e. The van der Waals surface area contributed by atoms with E-state index in [-0.39, 0.29) is 5.56 Å². The van der Waals surface area contributed by atoms with Gasteiger partial charge in [0.2, 0.25) is 0 Å². The zero-order valence-corrected chi connectivity index (χ0v) is 13.0. The van der Waals surface area contributed by atoms with Crippen molar-refractivity contribution in [3.63, 3.8) is 0 Å². The Labute approximate surface area is 127 Å². The molecule has 0 aromatic carbocycles. The quantitative estimate of drug-likeness (QED) is 0.779. The van der Waals surface area contributed by atoms with Gasteiger partial charge in [-0.15, -0.1) is 0 Å². The van der Waals surface area contributed by atoms with Crippen LogP contribution in [0.25, 0.3) is 0 Å². The van der Waals surface area contributed by atoms with Gasteiger partial charge in [-0.25, -0.2) is 0 Å². The number of alkyl halides is 3. The Hall–Kier alpha value is -1.57.